The minimum absolute atomic E-state index is 0.137. The van der Waals surface area contributed by atoms with Crippen LogP contribution in [0.1, 0.15) is 29.4 Å². The molecule has 0 aliphatic carbocycles. The number of piperidine rings is 1. The Morgan fingerprint density at radius 1 is 1.38 bits per heavy atom. The molecule has 0 radical (unpaired) electrons. The second-order valence-electron chi connectivity index (χ2n) is 5.10. The summed E-state index contributed by atoms with van der Waals surface area (Å²) in [4.78, 5) is 29.5. The highest BCUT2D eigenvalue weighted by molar-refractivity contribution is 5.92. The molecule has 1 saturated heterocycles. The van der Waals surface area contributed by atoms with Crippen molar-refractivity contribution in [3.8, 4) is 0 Å². The van der Waals surface area contributed by atoms with Crippen LogP contribution in [0.15, 0.2) is 29.6 Å². The summed E-state index contributed by atoms with van der Waals surface area (Å²) < 4.78 is 2.96. The van der Waals surface area contributed by atoms with Gasteiger partial charge in [-0.1, -0.05) is 0 Å². The van der Waals surface area contributed by atoms with Crippen molar-refractivity contribution >= 4 is 5.91 Å². The van der Waals surface area contributed by atoms with Crippen molar-refractivity contribution in [2.75, 3.05) is 13.1 Å². The molecule has 21 heavy (non-hydrogen) atoms. The molecule has 0 N–H and O–H groups in total. The summed E-state index contributed by atoms with van der Waals surface area (Å²) >= 11 is 0. The van der Waals surface area contributed by atoms with E-state index in [-0.39, 0.29) is 23.2 Å². The number of aryl methyl sites for hydroxylation is 1. The zero-order valence-corrected chi connectivity index (χ0v) is 11.7. The summed E-state index contributed by atoms with van der Waals surface area (Å²) in [5, 5.41) is 8.15. The van der Waals surface area contributed by atoms with Crippen LogP contribution < -0.4 is 5.56 Å². The molecule has 8 nitrogen and oxygen atoms in total. The minimum atomic E-state index is -0.231. The summed E-state index contributed by atoms with van der Waals surface area (Å²) in [7, 11) is 1.54. The first-order chi connectivity index (χ1) is 10.1. The molecule has 1 aliphatic heterocycles. The smallest absolute Gasteiger partial charge is 0.274 e. The normalized spacial score (nSPS) is 18.7. The van der Waals surface area contributed by atoms with Gasteiger partial charge in [0.15, 0.2) is 0 Å². The van der Waals surface area contributed by atoms with Gasteiger partial charge in [0.1, 0.15) is 18.3 Å². The summed E-state index contributed by atoms with van der Waals surface area (Å²) in [6.07, 6.45) is 5.04. The molecule has 3 rings (SSSR count). The van der Waals surface area contributed by atoms with Gasteiger partial charge in [0, 0.05) is 26.2 Å². The SMILES string of the molecule is Cn1nc(C(=O)N2CCC[C@H](n3cncn3)C2)ccc1=O. The van der Waals surface area contributed by atoms with Gasteiger partial charge in [-0.2, -0.15) is 10.2 Å². The highest BCUT2D eigenvalue weighted by Crippen LogP contribution is 2.21. The summed E-state index contributed by atoms with van der Waals surface area (Å²) in [6.45, 7) is 1.27. The average molecular weight is 288 g/mol. The number of hydrogen-bond donors (Lipinski definition) is 0. The third-order valence-electron chi connectivity index (χ3n) is 3.67. The van der Waals surface area contributed by atoms with Gasteiger partial charge < -0.3 is 4.90 Å². The molecule has 110 valence electrons. The fourth-order valence-corrected chi connectivity index (χ4v) is 2.54. The lowest BCUT2D eigenvalue weighted by Crippen LogP contribution is -2.41. The van der Waals surface area contributed by atoms with Crippen LogP contribution in [0, 0.1) is 0 Å². The van der Waals surface area contributed by atoms with E-state index in [4.69, 9.17) is 0 Å². The Morgan fingerprint density at radius 2 is 2.24 bits per heavy atom. The molecule has 3 heterocycles. The molecule has 0 unspecified atom stereocenters. The van der Waals surface area contributed by atoms with Crippen molar-refractivity contribution in [2.45, 2.75) is 18.9 Å². The molecule has 0 saturated carbocycles. The minimum Gasteiger partial charge on any atom is -0.335 e. The largest absolute Gasteiger partial charge is 0.335 e. The highest BCUT2D eigenvalue weighted by atomic mass is 16.2. The number of nitrogens with zero attached hydrogens (tertiary/aromatic N) is 6. The molecule has 0 aromatic carbocycles. The standard InChI is InChI=1S/C13H16N6O2/c1-17-12(20)5-4-11(16-17)13(21)18-6-2-3-10(7-18)19-9-14-8-15-19/h4-5,8-10H,2-3,6-7H2,1H3/t10-/m0/s1. The monoisotopic (exact) mass is 288 g/mol. The fourth-order valence-electron chi connectivity index (χ4n) is 2.54. The molecule has 1 amide bonds. The van der Waals surface area contributed by atoms with Crippen molar-refractivity contribution in [1.82, 2.24) is 29.4 Å². The zero-order valence-electron chi connectivity index (χ0n) is 11.7. The predicted molar refractivity (Wildman–Crippen MR) is 73.7 cm³/mol. The van der Waals surface area contributed by atoms with E-state index >= 15 is 0 Å². The summed E-state index contributed by atoms with van der Waals surface area (Å²) in [5.41, 5.74) is 0.0574. The Labute approximate surface area is 121 Å². The number of carbonyl (C=O) groups excluding carboxylic acids is 1. The van der Waals surface area contributed by atoms with Gasteiger partial charge in [-0.3, -0.25) is 9.59 Å². The summed E-state index contributed by atoms with van der Waals surface area (Å²) in [5.74, 6) is -0.157. The van der Waals surface area contributed by atoms with E-state index in [0.29, 0.717) is 13.1 Å². The predicted octanol–water partition coefficient (Wildman–Crippen LogP) is -0.151. The van der Waals surface area contributed by atoms with Crippen LogP contribution in [0.3, 0.4) is 0 Å². The number of likely N-dealkylation sites (tertiary alicyclic amines) is 1. The van der Waals surface area contributed by atoms with E-state index in [1.165, 1.54) is 30.2 Å². The van der Waals surface area contributed by atoms with E-state index in [1.54, 1.807) is 15.9 Å². The first-order valence-corrected chi connectivity index (χ1v) is 6.83. The first kappa shape index (κ1) is 13.5. The Morgan fingerprint density at radius 3 is 2.95 bits per heavy atom. The Bertz CT molecular complexity index is 693. The van der Waals surface area contributed by atoms with Crippen LogP contribution in [0.25, 0.3) is 0 Å². The lowest BCUT2D eigenvalue weighted by Gasteiger charge is -2.32. The van der Waals surface area contributed by atoms with Crippen LogP contribution in [0.4, 0.5) is 0 Å². The highest BCUT2D eigenvalue weighted by Gasteiger charge is 2.26. The molecule has 1 aliphatic rings. The quantitative estimate of drug-likeness (QED) is 0.767. The third kappa shape index (κ3) is 2.69. The maximum absolute atomic E-state index is 12.5. The number of carbonyl (C=O) groups is 1. The molecular weight excluding hydrogens is 272 g/mol. The number of amides is 1. The Hall–Kier alpha value is -2.51. The number of rotatable bonds is 2. The van der Waals surface area contributed by atoms with E-state index in [1.807, 2.05) is 0 Å². The van der Waals surface area contributed by atoms with Crippen LogP contribution in [0.2, 0.25) is 0 Å². The summed E-state index contributed by atoms with van der Waals surface area (Å²) in [6, 6.07) is 2.97. The average Bonchev–Trinajstić information content (AvgIpc) is 3.04. The number of aromatic nitrogens is 5. The molecule has 1 atom stereocenters. The molecular formula is C13H16N6O2. The molecule has 2 aromatic rings. The zero-order chi connectivity index (χ0) is 14.8. The Kier molecular flexibility index (Phi) is 3.51. The van der Waals surface area contributed by atoms with Gasteiger partial charge >= 0.3 is 0 Å². The molecule has 2 aromatic heterocycles. The second kappa shape index (κ2) is 5.47. The molecule has 0 spiro atoms. The van der Waals surface area contributed by atoms with Crippen LogP contribution in [-0.4, -0.2) is 48.4 Å². The fraction of sp³-hybridized carbons (Fsp3) is 0.462. The van der Waals surface area contributed by atoms with Crippen molar-refractivity contribution < 1.29 is 4.79 Å². The second-order valence-corrected chi connectivity index (χ2v) is 5.10. The van der Waals surface area contributed by atoms with Crippen LogP contribution in [-0.2, 0) is 7.05 Å². The van der Waals surface area contributed by atoms with Crippen LogP contribution in [0.5, 0.6) is 0 Å². The van der Waals surface area contributed by atoms with Gasteiger partial charge in [-0.05, 0) is 18.9 Å². The maximum Gasteiger partial charge on any atom is 0.274 e. The van der Waals surface area contributed by atoms with E-state index < -0.39 is 0 Å². The van der Waals surface area contributed by atoms with Gasteiger partial charge in [0.2, 0.25) is 0 Å². The van der Waals surface area contributed by atoms with Gasteiger partial charge in [0.05, 0.1) is 6.04 Å². The van der Waals surface area contributed by atoms with Crippen molar-refractivity contribution in [1.29, 1.82) is 0 Å². The van der Waals surface area contributed by atoms with Crippen molar-refractivity contribution in [3.63, 3.8) is 0 Å². The topological polar surface area (TPSA) is 85.9 Å². The molecule has 8 heteroatoms. The third-order valence-corrected chi connectivity index (χ3v) is 3.67. The van der Waals surface area contributed by atoms with Crippen LogP contribution >= 0.6 is 0 Å². The van der Waals surface area contributed by atoms with E-state index in [0.717, 1.165) is 12.8 Å². The van der Waals surface area contributed by atoms with Gasteiger partial charge in [-0.15, -0.1) is 0 Å². The van der Waals surface area contributed by atoms with Crippen molar-refractivity contribution in [3.05, 3.63) is 40.8 Å². The number of hydrogen-bond acceptors (Lipinski definition) is 5. The lowest BCUT2D eigenvalue weighted by atomic mass is 10.1. The van der Waals surface area contributed by atoms with Crippen molar-refractivity contribution in [2.24, 2.45) is 7.05 Å². The van der Waals surface area contributed by atoms with E-state index in [2.05, 4.69) is 15.2 Å². The first-order valence-electron chi connectivity index (χ1n) is 6.83. The Balaban J connectivity index is 1.78. The van der Waals surface area contributed by atoms with Gasteiger partial charge in [0.25, 0.3) is 11.5 Å². The van der Waals surface area contributed by atoms with Gasteiger partial charge in [-0.25, -0.2) is 14.3 Å². The maximum atomic E-state index is 12.5. The molecule has 0 bridgehead atoms. The van der Waals surface area contributed by atoms with E-state index in [9.17, 15) is 9.59 Å². The lowest BCUT2D eigenvalue weighted by molar-refractivity contribution is 0.0664. The molecule has 1 fully saturated rings.